The number of carbonyl (C=O) groups excluding carboxylic acids is 2. The molecule has 2 unspecified atom stereocenters. The Kier molecular flexibility index (Phi) is 5.17. The Morgan fingerprint density at radius 3 is 2.81 bits per heavy atom. The lowest BCUT2D eigenvalue weighted by atomic mass is 9.91. The van der Waals surface area contributed by atoms with E-state index in [4.69, 9.17) is 0 Å². The van der Waals surface area contributed by atoms with Gasteiger partial charge in [0.15, 0.2) is 0 Å². The van der Waals surface area contributed by atoms with Gasteiger partial charge in [-0.05, 0) is 68.7 Å². The monoisotopic (exact) mass is 373 g/mol. The van der Waals surface area contributed by atoms with Crippen LogP contribution in [0.4, 0.5) is 4.39 Å². The molecule has 2 N–H and O–H groups in total. The molecule has 1 aromatic rings. The molecule has 2 atom stereocenters. The summed E-state index contributed by atoms with van der Waals surface area (Å²) in [6.07, 6.45) is 5.51. The van der Waals surface area contributed by atoms with Gasteiger partial charge in [0, 0.05) is 19.6 Å². The van der Waals surface area contributed by atoms with Crippen molar-refractivity contribution in [3.63, 3.8) is 0 Å². The summed E-state index contributed by atoms with van der Waals surface area (Å²) < 4.78 is 13.6. The topological polar surface area (TPSA) is 61.4 Å². The summed E-state index contributed by atoms with van der Waals surface area (Å²) in [5, 5.41) is 6.27. The van der Waals surface area contributed by atoms with Crippen molar-refractivity contribution in [3.8, 4) is 0 Å². The predicted molar refractivity (Wildman–Crippen MR) is 101 cm³/mol. The highest BCUT2D eigenvalue weighted by Gasteiger charge is 2.53. The molecule has 1 aliphatic carbocycles. The fourth-order valence-corrected chi connectivity index (χ4v) is 4.53. The minimum Gasteiger partial charge on any atom is -0.354 e. The summed E-state index contributed by atoms with van der Waals surface area (Å²) in [6.45, 7) is 2.96. The van der Waals surface area contributed by atoms with Crippen molar-refractivity contribution in [2.45, 2.75) is 50.0 Å². The average Bonchev–Trinajstić information content (AvgIpc) is 3.32. The minimum atomic E-state index is -0.527. The molecule has 0 bridgehead atoms. The standard InChI is InChI=1S/C21H28FN3O2/c22-17-6-1-5-16(12-17)21(8-9-21)20(27)25-11-3-4-15(14-25)13-24-19(26)18-7-2-10-23-18/h1,5-6,12,15,18,23H,2-4,7-11,13-14H2,(H,24,26). The molecule has 146 valence electrons. The van der Waals surface area contributed by atoms with E-state index in [0.717, 1.165) is 57.2 Å². The maximum Gasteiger partial charge on any atom is 0.237 e. The van der Waals surface area contributed by atoms with E-state index < -0.39 is 5.41 Å². The van der Waals surface area contributed by atoms with Crippen LogP contribution >= 0.6 is 0 Å². The number of likely N-dealkylation sites (tertiary alicyclic amines) is 1. The number of rotatable bonds is 5. The summed E-state index contributed by atoms with van der Waals surface area (Å²) >= 11 is 0. The van der Waals surface area contributed by atoms with Crippen LogP contribution in [0.3, 0.4) is 0 Å². The molecule has 3 fully saturated rings. The SMILES string of the molecule is O=C(NCC1CCCN(C(=O)C2(c3cccc(F)c3)CC2)C1)C1CCCN1. The maximum absolute atomic E-state index is 13.6. The molecule has 4 rings (SSSR count). The van der Waals surface area contributed by atoms with Gasteiger partial charge in [-0.25, -0.2) is 4.39 Å². The molecule has 0 radical (unpaired) electrons. The van der Waals surface area contributed by atoms with E-state index in [0.29, 0.717) is 13.1 Å². The van der Waals surface area contributed by atoms with Gasteiger partial charge in [0.05, 0.1) is 11.5 Å². The van der Waals surface area contributed by atoms with Gasteiger partial charge in [-0.1, -0.05) is 12.1 Å². The summed E-state index contributed by atoms with van der Waals surface area (Å²) in [7, 11) is 0. The molecule has 27 heavy (non-hydrogen) atoms. The zero-order valence-corrected chi connectivity index (χ0v) is 15.7. The van der Waals surface area contributed by atoms with Gasteiger partial charge in [-0.2, -0.15) is 0 Å². The molecule has 5 nitrogen and oxygen atoms in total. The van der Waals surface area contributed by atoms with Gasteiger partial charge < -0.3 is 15.5 Å². The van der Waals surface area contributed by atoms with Crippen LogP contribution in [0.5, 0.6) is 0 Å². The lowest BCUT2D eigenvalue weighted by Crippen LogP contribution is -2.49. The van der Waals surface area contributed by atoms with Crippen molar-refractivity contribution in [3.05, 3.63) is 35.6 Å². The molecule has 1 saturated carbocycles. The highest BCUT2D eigenvalue weighted by molar-refractivity contribution is 5.91. The molecule has 1 aromatic carbocycles. The number of benzene rings is 1. The quantitative estimate of drug-likeness (QED) is 0.830. The van der Waals surface area contributed by atoms with E-state index in [9.17, 15) is 14.0 Å². The largest absolute Gasteiger partial charge is 0.354 e. The number of amides is 2. The van der Waals surface area contributed by atoms with Crippen LogP contribution in [0.25, 0.3) is 0 Å². The molecular formula is C21H28FN3O2. The van der Waals surface area contributed by atoms with Crippen molar-refractivity contribution < 1.29 is 14.0 Å². The fourth-order valence-electron chi connectivity index (χ4n) is 4.53. The molecule has 3 aliphatic rings. The van der Waals surface area contributed by atoms with E-state index in [1.807, 2.05) is 11.0 Å². The van der Waals surface area contributed by atoms with Crippen LogP contribution < -0.4 is 10.6 Å². The van der Waals surface area contributed by atoms with Gasteiger partial charge in [0.25, 0.3) is 0 Å². The van der Waals surface area contributed by atoms with E-state index in [2.05, 4.69) is 10.6 Å². The maximum atomic E-state index is 13.6. The summed E-state index contributed by atoms with van der Waals surface area (Å²) in [5.74, 6) is 0.207. The van der Waals surface area contributed by atoms with E-state index >= 15 is 0 Å². The highest BCUT2D eigenvalue weighted by atomic mass is 19.1. The van der Waals surface area contributed by atoms with Gasteiger partial charge in [-0.3, -0.25) is 9.59 Å². The first-order valence-corrected chi connectivity index (χ1v) is 10.1. The number of hydrogen-bond acceptors (Lipinski definition) is 3. The Morgan fingerprint density at radius 2 is 2.11 bits per heavy atom. The lowest BCUT2D eigenvalue weighted by Gasteiger charge is -2.35. The molecule has 2 saturated heterocycles. The Bertz CT molecular complexity index is 713. The lowest BCUT2D eigenvalue weighted by molar-refractivity contribution is -0.135. The Hall–Kier alpha value is -1.95. The minimum absolute atomic E-state index is 0.0611. The van der Waals surface area contributed by atoms with Crippen LogP contribution in [0.15, 0.2) is 24.3 Å². The van der Waals surface area contributed by atoms with Crippen molar-refractivity contribution >= 4 is 11.8 Å². The van der Waals surface area contributed by atoms with E-state index in [1.54, 1.807) is 6.07 Å². The first-order chi connectivity index (χ1) is 13.1. The third kappa shape index (κ3) is 3.86. The molecule has 2 heterocycles. The van der Waals surface area contributed by atoms with Gasteiger partial charge in [0.1, 0.15) is 5.82 Å². The third-order valence-electron chi connectivity index (χ3n) is 6.28. The number of halogens is 1. The number of hydrogen-bond donors (Lipinski definition) is 2. The summed E-state index contributed by atoms with van der Waals surface area (Å²) in [5.41, 5.74) is 0.274. The molecular weight excluding hydrogens is 345 g/mol. The first kappa shape index (κ1) is 18.4. The van der Waals surface area contributed by atoms with Crippen LogP contribution in [0.1, 0.15) is 44.1 Å². The zero-order chi connectivity index (χ0) is 18.9. The zero-order valence-electron chi connectivity index (χ0n) is 15.7. The third-order valence-corrected chi connectivity index (χ3v) is 6.28. The second-order valence-corrected chi connectivity index (χ2v) is 8.25. The molecule has 2 aliphatic heterocycles. The van der Waals surface area contributed by atoms with E-state index in [1.165, 1.54) is 12.1 Å². The van der Waals surface area contributed by atoms with Crippen molar-refractivity contribution in [2.24, 2.45) is 5.92 Å². The van der Waals surface area contributed by atoms with Gasteiger partial charge in [-0.15, -0.1) is 0 Å². The fraction of sp³-hybridized carbons (Fsp3) is 0.619. The number of piperidine rings is 1. The number of nitrogens with zero attached hydrogens (tertiary/aromatic N) is 1. The molecule has 0 spiro atoms. The van der Waals surface area contributed by atoms with Gasteiger partial charge in [0.2, 0.25) is 11.8 Å². The van der Waals surface area contributed by atoms with E-state index in [-0.39, 0.29) is 29.6 Å². The Balaban J connectivity index is 1.35. The van der Waals surface area contributed by atoms with Crippen LogP contribution in [0, 0.1) is 11.7 Å². The molecule has 6 heteroatoms. The molecule has 2 amide bonds. The van der Waals surface area contributed by atoms with Gasteiger partial charge >= 0.3 is 0 Å². The average molecular weight is 373 g/mol. The smallest absolute Gasteiger partial charge is 0.237 e. The predicted octanol–water partition coefficient (Wildman–Crippen LogP) is 1.96. The van der Waals surface area contributed by atoms with Crippen molar-refractivity contribution in [2.75, 3.05) is 26.2 Å². The summed E-state index contributed by atoms with van der Waals surface area (Å²) in [6, 6.07) is 6.41. The Labute approximate surface area is 159 Å². The second kappa shape index (κ2) is 7.58. The van der Waals surface area contributed by atoms with Crippen LogP contribution in [-0.2, 0) is 15.0 Å². The Morgan fingerprint density at radius 1 is 1.26 bits per heavy atom. The van der Waals surface area contributed by atoms with Crippen molar-refractivity contribution in [1.29, 1.82) is 0 Å². The molecule has 0 aromatic heterocycles. The first-order valence-electron chi connectivity index (χ1n) is 10.1. The second-order valence-electron chi connectivity index (χ2n) is 8.25. The number of carbonyl (C=O) groups is 2. The highest BCUT2D eigenvalue weighted by Crippen LogP contribution is 2.50. The van der Waals surface area contributed by atoms with Crippen LogP contribution in [-0.4, -0.2) is 48.9 Å². The van der Waals surface area contributed by atoms with Crippen LogP contribution in [0.2, 0.25) is 0 Å². The summed E-state index contributed by atoms with van der Waals surface area (Å²) in [4.78, 5) is 27.3. The number of nitrogens with one attached hydrogen (secondary N) is 2. The normalized spacial score (nSPS) is 26.6. The van der Waals surface area contributed by atoms with Crippen molar-refractivity contribution in [1.82, 2.24) is 15.5 Å².